The van der Waals surface area contributed by atoms with Crippen LogP contribution < -0.4 is 43.0 Å². The van der Waals surface area contributed by atoms with Crippen LogP contribution in [0, 0.1) is 5.92 Å². The fraction of sp³-hybridized carbons (Fsp3) is 0.516. The number of hydrogen-bond acceptors (Lipinski definition) is 11. The van der Waals surface area contributed by atoms with Gasteiger partial charge in [-0.15, -0.1) is 0 Å². The third kappa shape index (κ3) is 16.9. The molecule has 0 aliphatic rings. The predicted octanol–water partition coefficient (Wildman–Crippen LogP) is -4.37. The molecule has 0 saturated heterocycles. The molecule has 1 rings (SSSR count). The fourth-order valence-corrected chi connectivity index (χ4v) is 4.33. The maximum absolute atomic E-state index is 13.3. The van der Waals surface area contributed by atoms with Crippen molar-refractivity contribution >= 4 is 53.2 Å². The number of primary amides is 1. The van der Waals surface area contributed by atoms with Crippen molar-refractivity contribution in [1.82, 2.24) is 37.2 Å². The summed E-state index contributed by atoms with van der Waals surface area (Å²) in [6.45, 7) is 3.75. The number of aliphatic hydroxyl groups excluding tert-OH is 1. The molecule has 0 saturated carbocycles. The van der Waals surface area contributed by atoms with Crippen LogP contribution in [0.4, 0.5) is 0 Å². The number of carboxylic acid groups (broad SMARTS) is 1. The van der Waals surface area contributed by atoms with Crippen LogP contribution in [0.3, 0.4) is 0 Å². The van der Waals surface area contributed by atoms with Crippen LogP contribution in [0.25, 0.3) is 0 Å². The van der Waals surface area contributed by atoms with Gasteiger partial charge in [0.05, 0.1) is 25.7 Å². The van der Waals surface area contributed by atoms with E-state index in [1.165, 1.54) is 31.2 Å². The minimum atomic E-state index is -1.67. The number of rotatable bonds is 21. The Morgan fingerprint density at radius 2 is 1.18 bits per heavy atom. The molecule has 0 fully saturated rings. The number of amides is 8. The number of aromatic hydroxyl groups is 1. The number of carbonyl (C=O) groups excluding carboxylic acids is 8. The van der Waals surface area contributed by atoms with Crippen LogP contribution in [-0.2, 0) is 49.6 Å². The van der Waals surface area contributed by atoms with E-state index in [1.54, 1.807) is 13.8 Å². The van der Waals surface area contributed by atoms with E-state index < -0.39 is 110 Å². The fourth-order valence-electron chi connectivity index (χ4n) is 4.33. The zero-order chi connectivity index (χ0) is 38.8. The number of nitrogens with one attached hydrogen (secondary N) is 7. The Hall–Kier alpha value is -5.79. The van der Waals surface area contributed by atoms with E-state index in [-0.39, 0.29) is 24.5 Å². The lowest BCUT2D eigenvalue weighted by atomic mass is 10.0. The number of benzene rings is 1. The Morgan fingerprint density at radius 1 is 0.686 bits per heavy atom. The number of nitrogens with two attached hydrogens (primary N) is 1. The van der Waals surface area contributed by atoms with Crippen LogP contribution >= 0.6 is 0 Å². The van der Waals surface area contributed by atoms with Gasteiger partial charge in [-0.1, -0.05) is 26.0 Å². The summed E-state index contributed by atoms with van der Waals surface area (Å²) >= 11 is 0. The monoisotopic (exact) mass is 722 g/mol. The Balaban J connectivity index is 3.01. The molecule has 1 aromatic carbocycles. The van der Waals surface area contributed by atoms with Crippen LogP contribution in [0.1, 0.15) is 46.1 Å². The lowest BCUT2D eigenvalue weighted by Gasteiger charge is -2.25. The molecule has 12 N–H and O–H groups in total. The number of carbonyl (C=O) groups is 9. The highest BCUT2D eigenvalue weighted by Crippen LogP contribution is 2.12. The first-order chi connectivity index (χ1) is 23.8. The van der Waals surface area contributed by atoms with Gasteiger partial charge in [-0.3, -0.25) is 43.2 Å². The molecule has 0 unspecified atom stereocenters. The normalized spacial score (nSPS) is 13.6. The topological polar surface area (TPSA) is 325 Å². The first-order valence-corrected chi connectivity index (χ1v) is 15.8. The molecule has 0 spiro atoms. The predicted molar refractivity (Wildman–Crippen MR) is 177 cm³/mol. The Morgan fingerprint density at radius 3 is 1.65 bits per heavy atom. The number of aliphatic carboxylic acids is 1. The molecule has 51 heavy (non-hydrogen) atoms. The molecule has 0 aliphatic carbocycles. The van der Waals surface area contributed by atoms with E-state index in [0.29, 0.717) is 5.56 Å². The highest BCUT2D eigenvalue weighted by molar-refractivity contribution is 5.96. The summed E-state index contributed by atoms with van der Waals surface area (Å²) in [6.07, 6.45) is -2.59. The van der Waals surface area contributed by atoms with Gasteiger partial charge >= 0.3 is 5.97 Å². The molecular weight excluding hydrogens is 676 g/mol. The largest absolute Gasteiger partial charge is 0.508 e. The van der Waals surface area contributed by atoms with Crippen molar-refractivity contribution < 1.29 is 58.5 Å². The smallest absolute Gasteiger partial charge is 0.303 e. The molecule has 20 nitrogen and oxygen atoms in total. The van der Waals surface area contributed by atoms with Crippen molar-refractivity contribution in [1.29, 1.82) is 0 Å². The lowest BCUT2D eigenvalue weighted by molar-refractivity contribution is -0.138. The van der Waals surface area contributed by atoms with Gasteiger partial charge < -0.3 is 58.3 Å². The Kier molecular flexibility index (Phi) is 18.1. The summed E-state index contributed by atoms with van der Waals surface area (Å²) in [6, 6.07) is 0.142. The molecule has 20 heteroatoms. The Labute approximate surface area is 293 Å². The van der Waals surface area contributed by atoms with Crippen molar-refractivity contribution in [2.24, 2.45) is 11.7 Å². The summed E-state index contributed by atoms with van der Waals surface area (Å²) < 4.78 is 0. The maximum atomic E-state index is 13.3. The molecule has 0 radical (unpaired) electrons. The van der Waals surface area contributed by atoms with Gasteiger partial charge in [-0.05, 0) is 37.0 Å². The SMILES string of the molecule is CC(=O)NCC(=O)N[C@@H](CCC(=O)O)C(=O)NCC(=O)N[C@H](C(=O)N[C@@H](Cc1ccc(O)cc1)C(=O)NCC(=O)N[C@H](C(N)=O)C(C)C)[C@@H](C)O. The average molecular weight is 723 g/mol. The summed E-state index contributed by atoms with van der Waals surface area (Å²) in [5.41, 5.74) is 5.78. The van der Waals surface area contributed by atoms with Gasteiger partial charge in [0.1, 0.15) is 29.9 Å². The van der Waals surface area contributed by atoms with Gasteiger partial charge in [-0.25, -0.2) is 0 Å². The zero-order valence-electron chi connectivity index (χ0n) is 28.6. The average Bonchev–Trinajstić information content (AvgIpc) is 3.04. The second-order valence-corrected chi connectivity index (χ2v) is 11.8. The van der Waals surface area contributed by atoms with E-state index in [4.69, 9.17) is 10.8 Å². The minimum absolute atomic E-state index is 0.0702. The van der Waals surface area contributed by atoms with Gasteiger partial charge in [0.2, 0.25) is 47.3 Å². The summed E-state index contributed by atoms with van der Waals surface area (Å²) in [4.78, 5) is 110. The van der Waals surface area contributed by atoms with Gasteiger partial charge in [0.25, 0.3) is 0 Å². The molecule has 282 valence electrons. The third-order valence-electron chi connectivity index (χ3n) is 7.02. The van der Waals surface area contributed by atoms with Crippen LogP contribution in [0.2, 0.25) is 0 Å². The summed E-state index contributed by atoms with van der Waals surface area (Å²) in [5.74, 6) is -8.37. The second kappa shape index (κ2) is 21.3. The number of carboxylic acids is 1. The number of phenols is 1. The van der Waals surface area contributed by atoms with Gasteiger partial charge in [0.15, 0.2) is 0 Å². The van der Waals surface area contributed by atoms with Crippen LogP contribution in [-0.4, -0.2) is 118 Å². The summed E-state index contributed by atoms with van der Waals surface area (Å²) in [5, 5.41) is 45.0. The lowest BCUT2D eigenvalue weighted by Crippen LogP contribution is -2.59. The molecule has 0 aromatic heterocycles. The maximum Gasteiger partial charge on any atom is 0.303 e. The number of aliphatic hydroxyl groups is 1. The quantitative estimate of drug-likeness (QED) is 0.0574. The van der Waals surface area contributed by atoms with E-state index in [0.717, 1.165) is 6.92 Å². The van der Waals surface area contributed by atoms with Crippen molar-refractivity contribution in [3.05, 3.63) is 29.8 Å². The van der Waals surface area contributed by atoms with Gasteiger partial charge in [-0.2, -0.15) is 0 Å². The molecule has 0 aliphatic heterocycles. The summed E-state index contributed by atoms with van der Waals surface area (Å²) in [7, 11) is 0. The van der Waals surface area contributed by atoms with E-state index in [9.17, 15) is 53.4 Å². The zero-order valence-corrected chi connectivity index (χ0v) is 28.6. The Bertz CT molecular complexity index is 1430. The number of phenolic OH excluding ortho intramolecular Hbond substituents is 1. The van der Waals surface area contributed by atoms with E-state index in [2.05, 4.69) is 37.2 Å². The molecule has 5 atom stereocenters. The molecule has 0 heterocycles. The molecule has 8 amide bonds. The second-order valence-electron chi connectivity index (χ2n) is 11.8. The highest BCUT2D eigenvalue weighted by atomic mass is 16.4. The van der Waals surface area contributed by atoms with Crippen LogP contribution in [0.15, 0.2) is 24.3 Å². The highest BCUT2D eigenvalue weighted by Gasteiger charge is 2.31. The van der Waals surface area contributed by atoms with Crippen molar-refractivity contribution in [2.45, 2.75) is 77.2 Å². The molecular formula is C31H46N8O12. The molecule has 1 aromatic rings. The first kappa shape index (κ1) is 43.2. The van der Waals surface area contributed by atoms with Crippen molar-refractivity contribution in [3.63, 3.8) is 0 Å². The molecule has 0 bridgehead atoms. The van der Waals surface area contributed by atoms with Crippen molar-refractivity contribution in [3.8, 4) is 5.75 Å². The van der Waals surface area contributed by atoms with Gasteiger partial charge in [0, 0.05) is 19.8 Å². The standard InChI is InChI=1S/C31H46N8O12/c1-15(2)26(28(32)48)38-23(44)13-35-30(50)21(11-18-5-7-19(42)8-6-18)37-31(51)27(16(3)40)39-24(45)14-34-29(49)20(9-10-25(46)47)36-22(43)12-33-17(4)41/h5-8,15-16,20-21,26-27,40,42H,9-14H2,1-4H3,(H2,32,48)(H,33,41)(H,34,49)(H,35,50)(H,36,43)(H,37,51)(H,38,44)(H,39,45)(H,46,47)/t16-,20+,21+,26+,27+/m1/s1. The number of hydrogen-bond donors (Lipinski definition) is 11. The first-order valence-electron chi connectivity index (χ1n) is 15.8. The van der Waals surface area contributed by atoms with E-state index in [1.807, 2.05) is 0 Å². The van der Waals surface area contributed by atoms with E-state index >= 15 is 0 Å². The minimum Gasteiger partial charge on any atom is -0.508 e. The van der Waals surface area contributed by atoms with Crippen LogP contribution in [0.5, 0.6) is 5.75 Å². The van der Waals surface area contributed by atoms with Crippen molar-refractivity contribution in [2.75, 3.05) is 19.6 Å². The third-order valence-corrected chi connectivity index (χ3v) is 7.02.